The number of rotatable bonds is 1. The van der Waals surface area contributed by atoms with Crippen molar-refractivity contribution in [3.63, 3.8) is 0 Å². The summed E-state index contributed by atoms with van der Waals surface area (Å²) in [5, 5.41) is 2.73. The molecule has 2 unspecified atom stereocenters. The number of para-hydroxylation sites is 1. The molecule has 5 heteroatoms. The Hall–Kier alpha value is -1.88. The number of aryl methyl sites for hydroxylation is 2. The molecule has 2 atom stereocenters. The molecule has 1 aliphatic heterocycles. The Balaban J connectivity index is 2.08. The van der Waals surface area contributed by atoms with Gasteiger partial charge in [0.1, 0.15) is 0 Å². The van der Waals surface area contributed by atoms with Gasteiger partial charge in [0.05, 0.1) is 12.2 Å². The molecule has 1 aliphatic rings. The van der Waals surface area contributed by atoms with E-state index < -0.39 is 11.8 Å². The molecule has 2 amide bonds. The lowest BCUT2D eigenvalue weighted by Gasteiger charge is -2.34. The van der Waals surface area contributed by atoms with Crippen molar-refractivity contribution in [1.29, 1.82) is 0 Å². The average Bonchev–Trinajstić information content (AvgIpc) is 2.41. The SMILES string of the molecule is Cc1cccc(C)c1NC(=O)C(=O)N1CC(C)OC(C)C1. The number of nitrogens with zero attached hydrogens (tertiary/aromatic N) is 1. The maximum atomic E-state index is 12.3. The van der Waals surface area contributed by atoms with Crippen LogP contribution < -0.4 is 5.32 Å². The van der Waals surface area contributed by atoms with Crippen molar-refractivity contribution >= 4 is 17.5 Å². The predicted molar refractivity (Wildman–Crippen MR) is 81.1 cm³/mol. The Kier molecular flexibility index (Phi) is 4.63. The summed E-state index contributed by atoms with van der Waals surface area (Å²) in [7, 11) is 0. The first-order valence-electron chi connectivity index (χ1n) is 7.20. The predicted octanol–water partition coefficient (Wildman–Crippen LogP) is 1.88. The molecular formula is C16H22N2O3. The zero-order chi connectivity index (χ0) is 15.6. The van der Waals surface area contributed by atoms with Crippen LogP contribution in [-0.4, -0.2) is 42.0 Å². The second kappa shape index (κ2) is 6.26. The van der Waals surface area contributed by atoms with Gasteiger partial charge in [0.15, 0.2) is 0 Å². The highest BCUT2D eigenvalue weighted by atomic mass is 16.5. The van der Waals surface area contributed by atoms with E-state index in [9.17, 15) is 9.59 Å². The quantitative estimate of drug-likeness (QED) is 0.803. The van der Waals surface area contributed by atoms with E-state index in [0.29, 0.717) is 18.8 Å². The molecule has 2 rings (SSSR count). The summed E-state index contributed by atoms with van der Waals surface area (Å²) in [6, 6.07) is 5.74. The first kappa shape index (κ1) is 15.5. The topological polar surface area (TPSA) is 58.6 Å². The fourth-order valence-corrected chi connectivity index (χ4v) is 2.67. The van der Waals surface area contributed by atoms with Crippen LogP contribution in [0.1, 0.15) is 25.0 Å². The van der Waals surface area contributed by atoms with Gasteiger partial charge in [0.2, 0.25) is 0 Å². The molecule has 1 saturated heterocycles. The van der Waals surface area contributed by atoms with Gasteiger partial charge in [-0.25, -0.2) is 0 Å². The summed E-state index contributed by atoms with van der Waals surface area (Å²) >= 11 is 0. The lowest BCUT2D eigenvalue weighted by atomic mass is 10.1. The largest absolute Gasteiger partial charge is 0.372 e. The van der Waals surface area contributed by atoms with E-state index in [1.54, 1.807) is 4.90 Å². The third kappa shape index (κ3) is 3.61. The van der Waals surface area contributed by atoms with Crippen LogP contribution >= 0.6 is 0 Å². The van der Waals surface area contributed by atoms with Crippen molar-refractivity contribution in [2.45, 2.75) is 39.9 Å². The molecule has 0 spiro atoms. The van der Waals surface area contributed by atoms with Gasteiger partial charge in [-0.05, 0) is 38.8 Å². The van der Waals surface area contributed by atoms with Gasteiger partial charge in [0, 0.05) is 18.8 Å². The minimum absolute atomic E-state index is 0.0503. The highest BCUT2D eigenvalue weighted by molar-refractivity contribution is 6.39. The average molecular weight is 290 g/mol. The van der Waals surface area contributed by atoms with E-state index in [-0.39, 0.29) is 12.2 Å². The maximum absolute atomic E-state index is 12.3. The van der Waals surface area contributed by atoms with Gasteiger partial charge in [-0.3, -0.25) is 9.59 Å². The smallest absolute Gasteiger partial charge is 0.313 e. The Morgan fingerprint density at radius 3 is 2.19 bits per heavy atom. The van der Waals surface area contributed by atoms with E-state index in [2.05, 4.69) is 5.32 Å². The summed E-state index contributed by atoms with van der Waals surface area (Å²) < 4.78 is 5.58. The second-order valence-electron chi connectivity index (χ2n) is 5.69. The van der Waals surface area contributed by atoms with E-state index in [0.717, 1.165) is 11.1 Å². The molecule has 1 N–H and O–H groups in total. The summed E-state index contributed by atoms with van der Waals surface area (Å²) in [6.07, 6.45) is -0.101. The van der Waals surface area contributed by atoms with Crippen molar-refractivity contribution < 1.29 is 14.3 Å². The van der Waals surface area contributed by atoms with E-state index in [1.807, 2.05) is 45.9 Å². The Morgan fingerprint density at radius 1 is 1.14 bits per heavy atom. The fraction of sp³-hybridized carbons (Fsp3) is 0.500. The number of carbonyl (C=O) groups excluding carboxylic acids is 2. The number of carbonyl (C=O) groups is 2. The van der Waals surface area contributed by atoms with Crippen LogP contribution in [0, 0.1) is 13.8 Å². The second-order valence-corrected chi connectivity index (χ2v) is 5.69. The Bertz CT molecular complexity index is 526. The zero-order valence-electron chi connectivity index (χ0n) is 13.0. The molecule has 1 aromatic rings. The van der Waals surface area contributed by atoms with Gasteiger partial charge < -0.3 is 15.0 Å². The molecule has 0 radical (unpaired) electrons. The number of morpholine rings is 1. The molecule has 1 fully saturated rings. The summed E-state index contributed by atoms with van der Waals surface area (Å²) in [4.78, 5) is 26.0. The maximum Gasteiger partial charge on any atom is 0.313 e. The van der Waals surface area contributed by atoms with Crippen molar-refractivity contribution in [2.75, 3.05) is 18.4 Å². The number of nitrogens with one attached hydrogen (secondary N) is 1. The zero-order valence-corrected chi connectivity index (χ0v) is 13.0. The molecular weight excluding hydrogens is 268 g/mol. The number of ether oxygens (including phenoxy) is 1. The van der Waals surface area contributed by atoms with Gasteiger partial charge in [0.25, 0.3) is 0 Å². The first-order valence-corrected chi connectivity index (χ1v) is 7.20. The normalized spacial score (nSPS) is 22.0. The van der Waals surface area contributed by atoms with E-state index in [1.165, 1.54) is 0 Å². The highest BCUT2D eigenvalue weighted by Crippen LogP contribution is 2.19. The minimum atomic E-state index is -0.589. The molecule has 0 bridgehead atoms. The molecule has 0 aliphatic carbocycles. The number of amides is 2. The molecule has 0 aromatic heterocycles. The van der Waals surface area contributed by atoms with Crippen molar-refractivity contribution in [3.8, 4) is 0 Å². The number of anilines is 1. The van der Waals surface area contributed by atoms with Gasteiger partial charge in [-0.1, -0.05) is 18.2 Å². The number of hydrogen-bond acceptors (Lipinski definition) is 3. The molecule has 1 aromatic carbocycles. The number of hydrogen-bond donors (Lipinski definition) is 1. The Morgan fingerprint density at radius 2 is 1.67 bits per heavy atom. The first-order chi connectivity index (χ1) is 9.88. The van der Waals surface area contributed by atoms with Crippen LogP contribution in [-0.2, 0) is 14.3 Å². The minimum Gasteiger partial charge on any atom is -0.372 e. The van der Waals surface area contributed by atoms with Gasteiger partial charge in [-0.15, -0.1) is 0 Å². The lowest BCUT2D eigenvalue weighted by molar-refractivity contribution is -0.151. The highest BCUT2D eigenvalue weighted by Gasteiger charge is 2.30. The monoisotopic (exact) mass is 290 g/mol. The van der Waals surface area contributed by atoms with Crippen LogP contribution in [0.5, 0.6) is 0 Å². The summed E-state index contributed by atoms with van der Waals surface area (Å²) in [5.74, 6) is -1.09. The van der Waals surface area contributed by atoms with Gasteiger partial charge in [-0.2, -0.15) is 0 Å². The molecule has 1 heterocycles. The molecule has 114 valence electrons. The van der Waals surface area contributed by atoms with Crippen molar-refractivity contribution in [2.24, 2.45) is 0 Å². The summed E-state index contributed by atoms with van der Waals surface area (Å²) in [6.45, 7) is 8.52. The molecule has 5 nitrogen and oxygen atoms in total. The molecule has 0 saturated carbocycles. The van der Waals surface area contributed by atoms with Crippen molar-refractivity contribution in [1.82, 2.24) is 4.90 Å². The number of benzene rings is 1. The van der Waals surface area contributed by atoms with Crippen molar-refractivity contribution in [3.05, 3.63) is 29.3 Å². The van der Waals surface area contributed by atoms with E-state index >= 15 is 0 Å². The van der Waals surface area contributed by atoms with Gasteiger partial charge >= 0.3 is 11.8 Å². The van der Waals surface area contributed by atoms with Crippen LogP contribution in [0.2, 0.25) is 0 Å². The summed E-state index contributed by atoms with van der Waals surface area (Å²) in [5.41, 5.74) is 2.60. The third-order valence-electron chi connectivity index (χ3n) is 3.62. The van der Waals surface area contributed by atoms with E-state index in [4.69, 9.17) is 4.74 Å². The van der Waals surface area contributed by atoms with Crippen LogP contribution in [0.15, 0.2) is 18.2 Å². The van der Waals surface area contributed by atoms with Crippen LogP contribution in [0.4, 0.5) is 5.69 Å². The standard InChI is InChI=1S/C16H22N2O3/c1-10-6-5-7-11(2)14(10)17-15(19)16(20)18-8-12(3)21-13(4)9-18/h5-7,12-13H,8-9H2,1-4H3,(H,17,19). The molecule has 21 heavy (non-hydrogen) atoms. The third-order valence-corrected chi connectivity index (χ3v) is 3.62. The lowest BCUT2D eigenvalue weighted by Crippen LogP contribution is -2.51. The fourth-order valence-electron chi connectivity index (χ4n) is 2.67. The van der Waals surface area contributed by atoms with Crippen LogP contribution in [0.3, 0.4) is 0 Å². The van der Waals surface area contributed by atoms with Crippen LogP contribution in [0.25, 0.3) is 0 Å². The Labute approximate surface area is 125 Å².